The van der Waals surface area contributed by atoms with E-state index >= 15 is 0 Å². The smallest absolute Gasteiger partial charge is 0.238 e. The first-order chi connectivity index (χ1) is 12.9. The third-order valence-corrected chi connectivity index (χ3v) is 5.45. The molecule has 3 aromatic rings. The van der Waals surface area contributed by atoms with Crippen LogP contribution in [0.3, 0.4) is 0 Å². The van der Waals surface area contributed by atoms with E-state index in [9.17, 15) is 13.5 Å². The second-order valence-electron chi connectivity index (χ2n) is 6.27. The molecule has 0 radical (unpaired) electrons. The van der Waals surface area contributed by atoms with E-state index in [1.165, 1.54) is 6.07 Å². The van der Waals surface area contributed by atoms with E-state index in [-0.39, 0.29) is 17.5 Å². The molecule has 0 saturated carbocycles. The number of rotatable bonds is 6. The van der Waals surface area contributed by atoms with Crippen LogP contribution < -0.4 is 10.5 Å². The number of benzene rings is 3. The molecule has 1 unspecified atom stereocenters. The molecular weight excluding hydrogens is 360 g/mol. The maximum absolute atomic E-state index is 11.9. The zero-order valence-corrected chi connectivity index (χ0v) is 15.8. The fraction of sp³-hybridized carbons (Fsp3) is 0.143. The van der Waals surface area contributed by atoms with Gasteiger partial charge in [0, 0.05) is 0 Å². The molecular formula is C21H22N2O3S. The molecule has 0 aliphatic carbocycles. The Morgan fingerprint density at radius 3 is 2.26 bits per heavy atom. The zero-order chi connectivity index (χ0) is 19.4. The number of sulfonamides is 1. The number of hydrogen-bond donors (Lipinski definition) is 3. The third-order valence-electron chi connectivity index (χ3n) is 4.54. The Morgan fingerprint density at radius 2 is 1.63 bits per heavy atom. The van der Waals surface area contributed by atoms with Gasteiger partial charge in [-0.3, -0.25) is 0 Å². The molecule has 0 fully saturated rings. The van der Waals surface area contributed by atoms with E-state index in [0.29, 0.717) is 0 Å². The zero-order valence-electron chi connectivity index (χ0n) is 15.0. The van der Waals surface area contributed by atoms with Crippen LogP contribution in [0, 0.1) is 0 Å². The highest BCUT2D eigenvalue weighted by Gasteiger charge is 2.15. The Balaban J connectivity index is 2.22. The Labute approximate surface area is 159 Å². The minimum absolute atomic E-state index is 0.0390. The minimum Gasteiger partial charge on any atom is -0.394 e. The predicted molar refractivity (Wildman–Crippen MR) is 108 cm³/mol. The molecule has 3 rings (SSSR count). The summed E-state index contributed by atoms with van der Waals surface area (Å²) in [5.74, 6) is 0. The van der Waals surface area contributed by atoms with Gasteiger partial charge in [-0.1, -0.05) is 54.6 Å². The first kappa shape index (κ1) is 19.3. The Kier molecular flexibility index (Phi) is 5.72. The van der Waals surface area contributed by atoms with Gasteiger partial charge in [0.2, 0.25) is 10.0 Å². The van der Waals surface area contributed by atoms with Crippen molar-refractivity contribution in [3.8, 4) is 22.3 Å². The van der Waals surface area contributed by atoms with E-state index in [4.69, 9.17) is 5.14 Å². The van der Waals surface area contributed by atoms with Crippen LogP contribution in [0.1, 0.15) is 11.6 Å². The van der Waals surface area contributed by atoms with Gasteiger partial charge in [-0.05, 0) is 53.1 Å². The summed E-state index contributed by atoms with van der Waals surface area (Å²) in [5, 5.41) is 18.0. The highest BCUT2D eigenvalue weighted by atomic mass is 32.2. The lowest BCUT2D eigenvalue weighted by Crippen LogP contribution is -2.19. The molecule has 0 bridgehead atoms. The summed E-state index contributed by atoms with van der Waals surface area (Å²) < 4.78 is 23.7. The van der Waals surface area contributed by atoms with Gasteiger partial charge in [0.05, 0.1) is 17.5 Å². The molecule has 5 nitrogen and oxygen atoms in total. The molecule has 6 heteroatoms. The first-order valence-corrected chi connectivity index (χ1v) is 10.1. The molecule has 0 spiro atoms. The van der Waals surface area contributed by atoms with E-state index < -0.39 is 10.0 Å². The minimum atomic E-state index is -3.82. The van der Waals surface area contributed by atoms with E-state index in [1.807, 2.05) is 54.6 Å². The first-order valence-electron chi connectivity index (χ1n) is 8.55. The summed E-state index contributed by atoms with van der Waals surface area (Å²) in [5.41, 5.74) is 4.42. The van der Waals surface area contributed by atoms with Crippen molar-refractivity contribution >= 4 is 10.0 Å². The molecule has 140 valence electrons. The summed E-state index contributed by atoms with van der Waals surface area (Å²) in [6.45, 7) is -0.0390. The van der Waals surface area contributed by atoms with Crippen molar-refractivity contribution in [3.63, 3.8) is 0 Å². The Morgan fingerprint density at radius 1 is 0.926 bits per heavy atom. The highest BCUT2D eigenvalue weighted by Crippen LogP contribution is 2.34. The van der Waals surface area contributed by atoms with Crippen molar-refractivity contribution in [2.45, 2.75) is 10.9 Å². The Bertz CT molecular complexity index is 1030. The molecule has 4 N–H and O–H groups in total. The number of nitrogens with two attached hydrogens (primary N) is 1. The number of likely N-dealkylation sites (N-methyl/N-ethyl adjacent to an activating group) is 1. The van der Waals surface area contributed by atoms with Crippen LogP contribution in [0.5, 0.6) is 0 Å². The lowest BCUT2D eigenvalue weighted by Gasteiger charge is -2.17. The van der Waals surface area contributed by atoms with Gasteiger partial charge in [-0.15, -0.1) is 0 Å². The number of aliphatic hydroxyl groups excluding tert-OH is 1. The van der Waals surface area contributed by atoms with Crippen LogP contribution in [0.15, 0.2) is 77.7 Å². The lowest BCUT2D eigenvalue weighted by atomic mass is 9.93. The SMILES string of the molecule is CNC(CO)c1cccc(-c2cc(S(N)(=O)=O)ccc2-c2ccccc2)c1. The molecule has 0 aliphatic heterocycles. The van der Waals surface area contributed by atoms with Gasteiger partial charge in [-0.2, -0.15) is 0 Å². The predicted octanol–water partition coefficient (Wildman–Crippen LogP) is 2.92. The molecule has 1 atom stereocenters. The normalized spacial score (nSPS) is 12.7. The largest absolute Gasteiger partial charge is 0.394 e. The van der Waals surface area contributed by atoms with E-state index in [1.54, 1.807) is 19.2 Å². The fourth-order valence-electron chi connectivity index (χ4n) is 3.09. The molecule has 0 aliphatic rings. The van der Waals surface area contributed by atoms with Crippen molar-refractivity contribution in [2.75, 3.05) is 13.7 Å². The summed E-state index contributed by atoms with van der Waals surface area (Å²) in [6.07, 6.45) is 0. The van der Waals surface area contributed by atoms with Gasteiger partial charge in [0.25, 0.3) is 0 Å². The average Bonchev–Trinajstić information content (AvgIpc) is 2.69. The van der Waals surface area contributed by atoms with Crippen molar-refractivity contribution in [3.05, 3.63) is 78.4 Å². The van der Waals surface area contributed by atoms with Gasteiger partial charge in [0.1, 0.15) is 0 Å². The summed E-state index contributed by atoms with van der Waals surface area (Å²) in [6, 6.07) is 22.1. The second-order valence-corrected chi connectivity index (χ2v) is 7.83. The molecule has 0 amide bonds. The topological polar surface area (TPSA) is 92.4 Å². The molecule has 0 aromatic heterocycles. The highest BCUT2D eigenvalue weighted by molar-refractivity contribution is 7.89. The number of hydrogen-bond acceptors (Lipinski definition) is 4. The maximum Gasteiger partial charge on any atom is 0.238 e. The van der Waals surface area contributed by atoms with Crippen molar-refractivity contribution < 1.29 is 13.5 Å². The second kappa shape index (κ2) is 8.02. The van der Waals surface area contributed by atoms with Gasteiger partial charge in [-0.25, -0.2) is 13.6 Å². The van der Waals surface area contributed by atoms with Crippen LogP contribution in [0.4, 0.5) is 0 Å². The molecule has 27 heavy (non-hydrogen) atoms. The standard InChI is InChI=1S/C21H22N2O3S/c1-23-21(14-24)17-9-5-8-16(12-17)20-13-18(27(22,25)26)10-11-19(20)15-6-3-2-4-7-15/h2-13,21,23-24H,14H2,1H3,(H2,22,25,26). The van der Waals surface area contributed by atoms with Crippen LogP contribution in [-0.4, -0.2) is 27.2 Å². The van der Waals surface area contributed by atoms with Gasteiger partial charge >= 0.3 is 0 Å². The van der Waals surface area contributed by atoms with Crippen LogP contribution >= 0.6 is 0 Å². The van der Waals surface area contributed by atoms with Crippen LogP contribution in [0.25, 0.3) is 22.3 Å². The maximum atomic E-state index is 11.9. The van der Waals surface area contributed by atoms with E-state index in [0.717, 1.165) is 27.8 Å². The van der Waals surface area contributed by atoms with Gasteiger partial charge in [0.15, 0.2) is 0 Å². The molecule has 0 heterocycles. The average molecular weight is 382 g/mol. The summed E-state index contributed by atoms with van der Waals surface area (Å²) in [4.78, 5) is 0.0647. The molecule has 0 saturated heterocycles. The number of aliphatic hydroxyl groups is 1. The van der Waals surface area contributed by atoms with Crippen molar-refractivity contribution in [2.24, 2.45) is 5.14 Å². The molecule has 3 aromatic carbocycles. The third kappa shape index (κ3) is 4.26. The lowest BCUT2D eigenvalue weighted by molar-refractivity contribution is 0.251. The van der Waals surface area contributed by atoms with Gasteiger partial charge < -0.3 is 10.4 Å². The Hall–Kier alpha value is -2.51. The number of nitrogens with one attached hydrogen (secondary N) is 1. The van der Waals surface area contributed by atoms with Crippen molar-refractivity contribution in [1.82, 2.24) is 5.32 Å². The van der Waals surface area contributed by atoms with Crippen molar-refractivity contribution in [1.29, 1.82) is 0 Å². The number of primary sulfonamides is 1. The van der Waals surface area contributed by atoms with Crippen LogP contribution in [0.2, 0.25) is 0 Å². The monoisotopic (exact) mass is 382 g/mol. The summed E-state index contributed by atoms with van der Waals surface area (Å²) >= 11 is 0. The van der Waals surface area contributed by atoms with E-state index in [2.05, 4.69) is 5.32 Å². The summed E-state index contributed by atoms with van der Waals surface area (Å²) in [7, 11) is -2.04. The quantitative estimate of drug-likeness (QED) is 0.611. The van der Waals surface area contributed by atoms with Crippen LogP contribution in [-0.2, 0) is 10.0 Å². The fourth-order valence-corrected chi connectivity index (χ4v) is 3.63.